The van der Waals surface area contributed by atoms with E-state index in [0.29, 0.717) is 11.1 Å². The summed E-state index contributed by atoms with van der Waals surface area (Å²) in [7, 11) is 0. The number of anilines is 4. The van der Waals surface area contributed by atoms with Crippen molar-refractivity contribution in [1.29, 1.82) is 0 Å². The van der Waals surface area contributed by atoms with Crippen molar-refractivity contribution in [3.63, 3.8) is 0 Å². The fourth-order valence-corrected chi connectivity index (χ4v) is 5.90. The molecule has 0 atom stereocenters. The zero-order valence-electron chi connectivity index (χ0n) is 31.2. The fourth-order valence-electron chi connectivity index (χ4n) is 5.90. The first-order valence-corrected chi connectivity index (χ1v) is 17.7. The second kappa shape index (κ2) is 16.4. The van der Waals surface area contributed by atoms with Gasteiger partial charge in [0.1, 0.15) is 11.5 Å². The molecule has 0 spiro atoms. The van der Waals surface area contributed by atoms with E-state index in [4.69, 9.17) is 27.7 Å². The van der Waals surface area contributed by atoms with Gasteiger partial charge in [0.05, 0.1) is 43.8 Å². The number of ether oxygens (including phenoxy) is 3. The minimum atomic E-state index is -0.824. The molecule has 6 aromatic carbocycles. The number of cyclic esters (lactones) is 4. The molecule has 17 heteroatoms. The summed E-state index contributed by atoms with van der Waals surface area (Å²) < 4.78 is 23.3. The van der Waals surface area contributed by atoms with Gasteiger partial charge in [0.15, 0.2) is 0 Å². The molecule has 0 unspecified atom stereocenters. The lowest BCUT2D eigenvalue weighted by molar-refractivity contribution is 0.0425. The average molecular weight is 821 g/mol. The first kappa shape index (κ1) is 40.1. The summed E-state index contributed by atoms with van der Waals surface area (Å²) in [4.78, 5) is 90.7. The highest BCUT2D eigenvalue weighted by molar-refractivity contribution is 6.16. The molecule has 0 radical (unpaired) electrons. The zero-order chi connectivity index (χ0) is 43.5. The van der Waals surface area contributed by atoms with E-state index >= 15 is 0 Å². The molecular formula is C44H28N4O13. The standard InChI is InChI=1S/C16H6O6.C12H12N2O.C10H2O6.C6H8N2/c17-13-9-3-1-7(5-11(9)15(19)21-13)8-2-4-10-12(6-8)16(20)22-14(10)18;13-9-1-5-11(6-2-9)15-12-7-3-10(14)4-8-12;11-7-3-1-4-6(10(14)16-8(4)12)2-5(3)9(13)15-7;7-5-1-2-6(8)4-3-5/h1-6H;1-8H,13-14H2;1-2H;1-4H,7-8H2. The molecule has 0 amide bonds. The number of nitrogen functional groups attached to an aromatic ring is 4. The van der Waals surface area contributed by atoms with Crippen LogP contribution in [0.15, 0.2) is 149 Å². The van der Waals surface area contributed by atoms with Crippen molar-refractivity contribution in [3.8, 4) is 22.6 Å². The maximum atomic E-state index is 11.6. The van der Waals surface area contributed by atoms with Gasteiger partial charge in [-0.2, -0.15) is 0 Å². The van der Waals surface area contributed by atoms with Crippen LogP contribution >= 0.6 is 0 Å². The second-order valence-electron chi connectivity index (χ2n) is 13.1. The molecule has 0 bridgehead atoms. The van der Waals surface area contributed by atoms with Crippen LogP contribution in [0.3, 0.4) is 0 Å². The van der Waals surface area contributed by atoms with Crippen molar-refractivity contribution < 1.29 is 42.2 Å². The normalized spacial score (nSPS) is 12.2. The van der Waals surface area contributed by atoms with Crippen LogP contribution in [0, 0.1) is 0 Å². The van der Waals surface area contributed by atoms with E-state index in [1.807, 2.05) is 24.3 Å². The predicted molar refractivity (Wildman–Crippen MR) is 222 cm³/mol. The van der Waals surface area contributed by atoms with Gasteiger partial charge in [0.25, 0.3) is 0 Å². The third-order valence-corrected chi connectivity index (χ3v) is 8.96. The van der Waals surface area contributed by atoms with Gasteiger partial charge in [-0.25, -0.2) is 38.4 Å². The number of esters is 4. The van der Waals surface area contributed by atoms with E-state index in [1.165, 1.54) is 24.3 Å². The Bertz CT molecular complexity index is 2970. The largest absolute Gasteiger partial charge is 0.457 e. The minimum Gasteiger partial charge on any atom is -0.457 e. The second-order valence-corrected chi connectivity index (χ2v) is 13.1. The topological polar surface area (TPSA) is 295 Å². The Labute approximate surface area is 340 Å². The molecule has 2 aliphatic rings. The summed E-state index contributed by atoms with van der Waals surface area (Å²) in [5, 5.41) is -0.0726. The Morgan fingerprint density at radius 2 is 0.607 bits per heavy atom. The minimum absolute atomic E-state index is 0.0181. The third-order valence-electron chi connectivity index (χ3n) is 8.96. The van der Waals surface area contributed by atoms with Crippen molar-refractivity contribution in [3.05, 3.63) is 185 Å². The number of hydrogen-bond donors (Lipinski definition) is 4. The van der Waals surface area contributed by atoms with Crippen LogP contribution < -0.4 is 50.2 Å². The molecule has 0 saturated heterocycles. The predicted octanol–water partition coefficient (Wildman–Crippen LogP) is 4.96. The van der Waals surface area contributed by atoms with Gasteiger partial charge in [0.2, 0.25) is 0 Å². The highest BCUT2D eigenvalue weighted by atomic mass is 16.6. The highest BCUT2D eigenvalue weighted by Gasteiger charge is 2.32. The van der Waals surface area contributed by atoms with Crippen molar-refractivity contribution in [2.24, 2.45) is 0 Å². The molecule has 61 heavy (non-hydrogen) atoms. The van der Waals surface area contributed by atoms with Gasteiger partial charge < -0.3 is 46.0 Å². The molecule has 17 nitrogen and oxygen atoms in total. The molecule has 8 aromatic rings. The van der Waals surface area contributed by atoms with Crippen molar-refractivity contribution in [2.45, 2.75) is 0 Å². The summed E-state index contributed by atoms with van der Waals surface area (Å²) >= 11 is 0. The number of furan rings is 2. The molecule has 0 aliphatic carbocycles. The number of hydrogen-bond acceptors (Lipinski definition) is 17. The Kier molecular flexibility index (Phi) is 10.8. The third kappa shape index (κ3) is 8.60. The first-order chi connectivity index (χ1) is 29.1. The van der Waals surface area contributed by atoms with Gasteiger partial charge in [0, 0.05) is 22.7 Å². The van der Waals surface area contributed by atoms with E-state index in [2.05, 4.69) is 18.3 Å². The molecule has 0 saturated carbocycles. The molecule has 302 valence electrons. The van der Waals surface area contributed by atoms with E-state index in [0.717, 1.165) is 46.4 Å². The lowest BCUT2D eigenvalue weighted by Crippen LogP contribution is -1.97. The Morgan fingerprint density at radius 1 is 0.328 bits per heavy atom. The smallest absolute Gasteiger partial charge is 0.346 e. The van der Waals surface area contributed by atoms with E-state index in [1.54, 1.807) is 60.7 Å². The van der Waals surface area contributed by atoms with Gasteiger partial charge in [-0.3, -0.25) is 0 Å². The molecule has 8 N–H and O–H groups in total. The summed E-state index contributed by atoms with van der Waals surface area (Å²) in [6.45, 7) is 0. The number of nitrogens with two attached hydrogens (primary N) is 4. The molecular weight excluding hydrogens is 792 g/mol. The summed E-state index contributed by atoms with van der Waals surface area (Å²) in [5.41, 5.74) is 23.6. The van der Waals surface area contributed by atoms with Gasteiger partial charge in [-0.05, 0) is 120 Å². The number of rotatable bonds is 3. The molecule has 10 rings (SSSR count). The van der Waals surface area contributed by atoms with Gasteiger partial charge in [-0.15, -0.1) is 0 Å². The lowest BCUT2D eigenvalue weighted by atomic mass is 9.97. The van der Waals surface area contributed by atoms with Crippen LogP contribution in [0.2, 0.25) is 0 Å². The number of carbonyl (C=O) groups excluding carboxylic acids is 4. The molecule has 2 aromatic heterocycles. The fraction of sp³-hybridized carbons (Fsp3) is 0. The van der Waals surface area contributed by atoms with E-state index < -0.39 is 46.4 Å². The van der Waals surface area contributed by atoms with Crippen LogP contribution in [0.4, 0.5) is 22.7 Å². The van der Waals surface area contributed by atoms with Crippen molar-refractivity contribution >= 4 is 68.2 Å². The maximum Gasteiger partial charge on any atom is 0.346 e. The molecule has 2 aliphatic heterocycles. The summed E-state index contributed by atoms with van der Waals surface area (Å²) in [5.74, 6) is -1.22. The Morgan fingerprint density at radius 3 is 0.918 bits per heavy atom. The van der Waals surface area contributed by atoms with Crippen molar-refractivity contribution in [1.82, 2.24) is 0 Å². The summed E-state index contributed by atoms with van der Waals surface area (Å²) in [6, 6.07) is 33.2. The molecule has 0 fully saturated rings. The first-order valence-electron chi connectivity index (χ1n) is 17.7. The van der Waals surface area contributed by atoms with Gasteiger partial charge >= 0.3 is 46.4 Å². The van der Waals surface area contributed by atoms with Crippen LogP contribution in [0.5, 0.6) is 11.5 Å². The lowest BCUT2D eigenvalue weighted by Gasteiger charge is -2.05. The Balaban J connectivity index is 0.000000129. The molecule has 4 heterocycles. The maximum absolute atomic E-state index is 11.6. The van der Waals surface area contributed by atoms with Crippen LogP contribution in [0.1, 0.15) is 41.4 Å². The Hall–Kier alpha value is -9.12. The quantitative estimate of drug-likeness (QED) is 0.104. The summed E-state index contributed by atoms with van der Waals surface area (Å²) in [6.07, 6.45) is 0. The zero-order valence-corrected chi connectivity index (χ0v) is 31.2. The average Bonchev–Trinajstić information content (AvgIpc) is 3.91. The van der Waals surface area contributed by atoms with Crippen LogP contribution in [-0.4, -0.2) is 23.9 Å². The van der Waals surface area contributed by atoms with E-state index in [9.17, 15) is 38.4 Å². The number of benzene rings is 6. The van der Waals surface area contributed by atoms with Crippen molar-refractivity contribution in [2.75, 3.05) is 22.9 Å². The van der Waals surface area contributed by atoms with E-state index in [-0.39, 0.29) is 43.8 Å². The monoisotopic (exact) mass is 820 g/mol. The number of carbonyl (C=O) groups is 4. The SMILES string of the molecule is Nc1ccc(N)cc1.Nc1ccc(Oc2ccc(N)cc2)cc1.O=C1OC(=O)c2cc(-c3ccc4c(c3)C(=O)OC4=O)ccc21.O=c1oc(=O)c2cc3c(=O)oc(=O)c3cc12. The highest BCUT2D eigenvalue weighted by Crippen LogP contribution is 2.30. The van der Waals surface area contributed by atoms with Crippen LogP contribution in [-0.2, 0) is 9.47 Å². The van der Waals surface area contributed by atoms with Gasteiger partial charge in [-0.1, -0.05) is 12.1 Å². The number of fused-ring (bicyclic) bond motifs is 4. The van der Waals surface area contributed by atoms with Crippen LogP contribution in [0.25, 0.3) is 32.7 Å².